The maximum absolute atomic E-state index is 12.0. The summed E-state index contributed by atoms with van der Waals surface area (Å²) < 4.78 is 36.0. The zero-order valence-electron chi connectivity index (χ0n) is 7.47. The molecule has 0 nitrogen and oxygen atoms in total. The third kappa shape index (κ3) is 4.05. The molecule has 0 spiro atoms. The minimum Gasteiger partial charge on any atom is -0.160 e. The first-order valence-electron chi connectivity index (χ1n) is 4.15. The van der Waals surface area contributed by atoms with Gasteiger partial charge in [0.05, 0.1) is 0 Å². The number of thioether (sulfide) groups is 1. The van der Waals surface area contributed by atoms with Gasteiger partial charge in [-0.1, -0.05) is 19.1 Å². The van der Waals surface area contributed by atoms with E-state index in [9.17, 15) is 13.2 Å². The Kier molecular flexibility index (Phi) is 3.86. The molecule has 0 aliphatic carbocycles. The summed E-state index contributed by atoms with van der Waals surface area (Å²) in [7, 11) is 0. The fourth-order valence-corrected chi connectivity index (χ4v) is 1.73. The van der Waals surface area contributed by atoms with E-state index in [4.69, 9.17) is 0 Å². The number of alkyl halides is 3. The molecule has 0 saturated carbocycles. The molecule has 0 N–H and O–H groups in total. The molecule has 0 aromatic heterocycles. The SMILES string of the molecule is [CH2]CCc1cccc(SC(F)(F)F)c1. The Hall–Kier alpha value is -0.640. The molecule has 0 fully saturated rings. The molecule has 0 heterocycles. The lowest BCUT2D eigenvalue weighted by Gasteiger charge is -2.06. The van der Waals surface area contributed by atoms with Gasteiger partial charge in [-0.15, -0.1) is 0 Å². The van der Waals surface area contributed by atoms with Gasteiger partial charge in [-0.3, -0.25) is 0 Å². The lowest BCUT2D eigenvalue weighted by molar-refractivity contribution is -0.0328. The Morgan fingerprint density at radius 3 is 2.57 bits per heavy atom. The van der Waals surface area contributed by atoms with Crippen molar-refractivity contribution in [2.24, 2.45) is 0 Å². The smallest absolute Gasteiger partial charge is 0.160 e. The van der Waals surface area contributed by atoms with Crippen molar-refractivity contribution in [3.8, 4) is 0 Å². The first-order valence-corrected chi connectivity index (χ1v) is 4.97. The van der Waals surface area contributed by atoms with E-state index in [2.05, 4.69) is 6.92 Å². The van der Waals surface area contributed by atoms with Crippen LogP contribution < -0.4 is 0 Å². The molecular weight excluding hydrogens is 209 g/mol. The minimum atomic E-state index is -4.21. The molecular formula is C10H10F3S. The van der Waals surface area contributed by atoms with Crippen LogP contribution in [0.15, 0.2) is 29.2 Å². The number of rotatable bonds is 3. The maximum Gasteiger partial charge on any atom is 0.446 e. The topological polar surface area (TPSA) is 0 Å². The molecule has 0 saturated heterocycles. The Bertz CT molecular complexity index is 294. The van der Waals surface area contributed by atoms with E-state index in [0.717, 1.165) is 5.56 Å². The van der Waals surface area contributed by atoms with Crippen molar-refractivity contribution in [1.29, 1.82) is 0 Å². The molecule has 1 radical (unpaired) electrons. The minimum absolute atomic E-state index is 0.0796. The predicted octanol–water partition coefficient (Wildman–Crippen LogP) is 4.07. The molecule has 14 heavy (non-hydrogen) atoms. The van der Waals surface area contributed by atoms with Gasteiger partial charge >= 0.3 is 5.51 Å². The summed E-state index contributed by atoms with van der Waals surface area (Å²) in [5.74, 6) is 0. The lowest BCUT2D eigenvalue weighted by atomic mass is 10.1. The van der Waals surface area contributed by atoms with Gasteiger partial charge in [-0.05, 0) is 42.3 Å². The van der Waals surface area contributed by atoms with Crippen LogP contribution in [0.5, 0.6) is 0 Å². The fourth-order valence-electron chi connectivity index (χ4n) is 1.10. The molecule has 0 unspecified atom stereocenters. The normalized spacial score (nSPS) is 11.7. The second-order valence-corrected chi connectivity index (χ2v) is 3.94. The Morgan fingerprint density at radius 1 is 1.29 bits per heavy atom. The largest absolute Gasteiger partial charge is 0.446 e. The van der Waals surface area contributed by atoms with Gasteiger partial charge in [0.25, 0.3) is 0 Å². The van der Waals surface area contributed by atoms with E-state index in [-0.39, 0.29) is 16.7 Å². The van der Waals surface area contributed by atoms with E-state index in [0.29, 0.717) is 12.8 Å². The van der Waals surface area contributed by atoms with Gasteiger partial charge in [0.1, 0.15) is 0 Å². The Labute approximate surface area is 85.5 Å². The van der Waals surface area contributed by atoms with E-state index in [1.54, 1.807) is 12.1 Å². The summed E-state index contributed by atoms with van der Waals surface area (Å²) in [4.78, 5) is 0.239. The highest BCUT2D eigenvalue weighted by Gasteiger charge is 2.29. The van der Waals surface area contributed by atoms with E-state index in [1.165, 1.54) is 6.07 Å². The van der Waals surface area contributed by atoms with Gasteiger partial charge in [0.15, 0.2) is 0 Å². The summed E-state index contributed by atoms with van der Waals surface area (Å²) in [5, 5.41) is 0. The molecule has 0 bridgehead atoms. The highest BCUT2D eigenvalue weighted by atomic mass is 32.2. The van der Waals surface area contributed by atoms with Crippen LogP contribution in [0.1, 0.15) is 12.0 Å². The highest BCUT2D eigenvalue weighted by Crippen LogP contribution is 2.36. The Balaban J connectivity index is 2.73. The zero-order valence-corrected chi connectivity index (χ0v) is 8.29. The van der Waals surface area contributed by atoms with Crippen LogP contribution in [-0.4, -0.2) is 5.51 Å². The van der Waals surface area contributed by atoms with Gasteiger partial charge in [-0.2, -0.15) is 13.2 Å². The molecule has 0 amide bonds. The van der Waals surface area contributed by atoms with Crippen LogP contribution in [0.3, 0.4) is 0 Å². The third-order valence-electron chi connectivity index (χ3n) is 1.60. The molecule has 1 aromatic rings. The molecule has 0 aliphatic heterocycles. The van der Waals surface area contributed by atoms with Crippen LogP contribution in [0, 0.1) is 6.92 Å². The van der Waals surface area contributed by atoms with Gasteiger partial charge in [-0.25, -0.2) is 0 Å². The van der Waals surface area contributed by atoms with Crippen molar-refractivity contribution in [2.45, 2.75) is 23.2 Å². The molecule has 1 rings (SSSR count). The van der Waals surface area contributed by atoms with Gasteiger partial charge < -0.3 is 0 Å². The summed E-state index contributed by atoms with van der Waals surface area (Å²) >= 11 is -0.0796. The van der Waals surface area contributed by atoms with E-state index >= 15 is 0 Å². The molecule has 77 valence electrons. The number of aryl methyl sites for hydroxylation is 1. The van der Waals surface area contributed by atoms with Gasteiger partial charge in [0.2, 0.25) is 0 Å². The van der Waals surface area contributed by atoms with Crippen LogP contribution in [-0.2, 0) is 6.42 Å². The second-order valence-electron chi connectivity index (χ2n) is 2.80. The Morgan fingerprint density at radius 2 is 2.00 bits per heavy atom. The quantitative estimate of drug-likeness (QED) is 0.691. The number of hydrogen-bond acceptors (Lipinski definition) is 1. The second kappa shape index (κ2) is 4.73. The first kappa shape index (κ1) is 11.4. The number of benzene rings is 1. The van der Waals surface area contributed by atoms with Crippen molar-refractivity contribution in [3.63, 3.8) is 0 Å². The average Bonchev–Trinajstić information content (AvgIpc) is 2.02. The van der Waals surface area contributed by atoms with Crippen molar-refractivity contribution < 1.29 is 13.2 Å². The van der Waals surface area contributed by atoms with Crippen LogP contribution in [0.2, 0.25) is 0 Å². The van der Waals surface area contributed by atoms with Crippen LogP contribution >= 0.6 is 11.8 Å². The van der Waals surface area contributed by atoms with Crippen molar-refractivity contribution >= 4 is 11.8 Å². The molecule has 0 aliphatic rings. The van der Waals surface area contributed by atoms with E-state index in [1.807, 2.05) is 6.07 Å². The van der Waals surface area contributed by atoms with Crippen molar-refractivity contribution in [1.82, 2.24) is 0 Å². The molecule has 0 atom stereocenters. The summed E-state index contributed by atoms with van der Waals surface area (Å²) in [6.45, 7) is 3.66. The highest BCUT2D eigenvalue weighted by molar-refractivity contribution is 8.00. The lowest BCUT2D eigenvalue weighted by Crippen LogP contribution is -1.99. The van der Waals surface area contributed by atoms with Crippen LogP contribution in [0.4, 0.5) is 13.2 Å². The summed E-state index contributed by atoms with van der Waals surface area (Å²) in [6.07, 6.45) is 1.41. The maximum atomic E-state index is 12.0. The zero-order chi connectivity index (χ0) is 10.6. The van der Waals surface area contributed by atoms with Crippen LogP contribution in [0.25, 0.3) is 0 Å². The monoisotopic (exact) mass is 219 g/mol. The summed E-state index contributed by atoms with van der Waals surface area (Å²) in [6, 6.07) is 6.47. The molecule has 4 heteroatoms. The average molecular weight is 219 g/mol. The van der Waals surface area contributed by atoms with Gasteiger partial charge in [0, 0.05) is 4.90 Å². The van der Waals surface area contributed by atoms with Crippen molar-refractivity contribution in [2.75, 3.05) is 0 Å². The fraction of sp³-hybridized carbons (Fsp3) is 0.300. The summed E-state index contributed by atoms with van der Waals surface area (Å²) in [5.41, 5.74) is -3.31. The molecule has 1 aromatic carbocycles. The number of halogens is 3. The van der Waals surface area contributed by atoms with Crippen molar-refractivity contribution in [3.05, 3.63) is 36.8 Å². The van der Waals surface area contributed by atoms with E-state index < -0.39 is 5.51 Å². The first-order chi connectivity index (χ1) is 6.51. The standard InChI is InChI=1S/C10H10F3S/c1-2-4-8-5-3-6-9(7-8)14-10(11,12)13/h3,5-7H,1-2,4H2. The predicted molar refractivity (Wildman–Crippen MR) is 52.0 cm³/mol. The number of hydrogen-bond donors (Lipinski definition) is 0. The third-order valence-corrected chi connectivity index (χ3v) is 2.32.